The Morgan fingerprint density at radius 3 is 1.56 bits per heavy atom. The fourth-order valence-electron chi connectivity index (χ4n) is 8.91. The van der Waals surface area contributed by atoms with Gasteiger partial charge in [-0.3, -0.25) is 0 Å². The Labute approximate surface area is 326 Å². The van der Waals surface area contributed by atoms with Crippen LogP contribution in [0.4, 0.5) is 0 Å². The minimum absolute atomic E-state index is 0.561. The molecule has 8 aromatic carbocycles. The molecule has 0 N–H and O–H groups in total. The minimum Gasteiger partial charge on any atom is -0.308 e. The van der Waals surface area contributed by atoms with Gasteiger partial charge in [-0.15, -0.1) is 0 Å². The van der Waals surface area contributed by atoms with E-state index in [-0.39, 0.29) is 0 Å². The van der Waals surface area contributed by atoms with Gasteiger partial charge in [-0.2, -0.15) is 15.8 Å². The van der Waals surface area contributed by atoms with Gasteiger partial charge in [0.05, 0.1) is 67.2 Å². The van der Waals surface area contributed by atoms with E-state index in [2.05, 4.69) is 147 Å². The number of hydrogen-bond donors (Lipinski definition) is 0. The molecule has 0 bridgehead atoms. The van der Waals surface area contributed by atoms with Crippen LogP contribution in [0.15, 0.2) is 170 Å². The number of hydrogen-bond acceptors (Lipinski definition) is 3. The van der Waals surface area contributed by atoms with Crippen molar-refractivity contribution >= 4 is 65.4 Å². The van der Waals surface area contributed by atoms with E-state index in [0.29, 0.717) is 16.7 Å². The van der Waals surface area contributed by atoms with E-state index in [1.165, 1.54) is 10.8 Å². The van der Waals surface area contributed by atoms with E-state index in [1.54, 1.807) is 0 Å². The lowest BCUT2D eigenvalue weighted by atomic mass is 10.0. The Kier molecular flexibility index (Phi) is 6.95. The lowest BCUT2D eigenvalue weighted by Gasteiger charge is -2.16. The van der Waals surface area contributed by atoms with Crippen molar-refractivity contribution in [2.45, 2.75) is 0 Å². The van der Waals surface area contributed by atoms with E-state index in [1.807, 2.05) is 54.6 Å². The van der Waals surface area contributed by atoms with Crippen LogP contribution in [-0.2, 0) is 0 Å². The Bertz CT molecular complexity index is 3560. The lowest BCUT2D eigenvalue weighted by molar-refractivity contribution is 1.12. The van der Waals surface area contributed by atoms with E-state index in [0.717, 1.165) is 82.8 Å². The highest BCUT2D eigenvalue weighted by atomic mass is 15.1. The normalized spacial score (nSPS) is 11.5. The van der Waals surface area contributed by atoms with Gasteiger partial charge in [0, 0.05) is 38.0 Å². The molecule has 0 fully saturated rings. The topological polar surface area (TPSA) is 86.2 Å². The molecule has 6 nitrogen and oxygen atoms in total. The minimum atomic E-state index is 0.561. The number of fused-ring (bicyclic) bond motifs is 9. The third-order valence-electron chi connectivity index (χ3n) is 11.3. The summed E-state index contributed by atoms with van der Waals surface area (Å²) in [5.41, 5.74) is 12.3. The maximum atomic E-state index is 10.8. The Morgan fingerprint density at radius 1 is 0.333 bits per heavy atom. The maximum absolute atomic E-state index is 10.8. The van der Waals surface area contributed by atoms with Crippen molar-refractivity contribution in [1.29, 1.82) is 15.8 Å². The molecule has 11 aromatic rings. The summed E-state index contributed by atoms with van der Waals surface area (Å²) in [6, 6.07) is 64.8. The van der Waals surface area contributed by atoms with Crippen LogP contribution in [0.2, 0.25) is 0 Å². The molecule has 0 spiro atoms. The summed E-state index contributed by atoms with van der Waals surface area (Å²) >= 11 is 0. The van der Waals surface area contributed by atoms with Crippen molar-refractivity contribution in [1.82, 2.24) is 13.7 Å². The molecule has 0 radical (unpaired) electrons. The van der Waals surface area contributed by atoms with Crippen LogP contribution in [-0.4, -0.2) is 13.7 Å². The van der Waals surface area contributed by atoms with Crippen molar-refractivity contribution in [3.05, 3.63) is 187 Å². The third-order valence-corrected chi connectivity index (χ3v) is 11.3. The average molecular weight is 725 g/mol. The van der Waals surface area contributed by atoms with E-state index < -0.39 is 0 Å². The molecule has 262 valence electrons. The first-order chi connectivity index (χ1) is 28.2. The first-order valence-electron chi connectivity index (χ1n) is 18.7. The quantitative estimate of drug-likeness (QED) is 0.181. The second kappa shape index (κ2) is 12.3. The van der Waals surface area contributed by atoms with Gasteiger partial charge in [0.15, 0.2) is 0 Å². The molecule has 0 unspecified atom stereocenters. The number of para-hydroxylation sites is 5. The number of rotatable bonds is 4. The Morgan fingerprint density at radius 2 is 0.895 bits per heavy atom. The van der Waals surface area contributed by atoms with Crippen molar-refractivity contribution in [3.8, 4) is 46.4 Å². The summed E-state index contributed by atoms with van der Waals surface area (Å²) in [7, 11) is 0. The standard InChI is InChI=1S/C51H28N6/c52-29-32-19-25-48-43(27-32)42-13-7-9-35(30-53)50(42)55(48)37-23-20-33(21-24-37)34-22-26-44(36(28-34)31-54)57-47-17-6-3-12-40(47)41-14-8-18-49(51(41)57)56-45-15-4-1-10-38(45)39-11-2-5-16-46(39)56/h1-28H. The van der Waals surface area contributed by atoms with Gasteiger partial charge in [-0.25, -0.2) is 0 Å². The highest BCUT2D eigenvalue weighted by Gasteiger charge is 2.22. The fraction of sp³-hybridized carbons (Fsp3) is 0. The summed E-state index contributed by atoms with van der Waals surface area (Å²) in [5, 5.41) is 37.0. The number of nitrogens with zero attached hydrogens (tertiary/aromatic N) is 6. The largest absolute Gasteiger partial charge is 0.308 e. The highest BCUT2D eigenvalue weighted by molar-refractivity contribution is 6.15. The predicted octanol–water partition coefficient (Wildman–Crippen LogP) is 12.3. The molecule has 0 atom stereocenters. The third kappa shape index (κ3) is 4.61. The monoisotopic (exact) mass is 724 g/mol. The number of nitriles is 3. The molecule has 3 aromatic heterocycles. The van der Waals surface area contributed by atoms with Gasteiger partial charge in [-0.1, -0.05) is 97.1 Å². The van der Waals surface area contributed by atoms with Gasteiger partial charge in [-0.05, 0) is 83.9 Å². The molecule has 0 aliphatic carbocycles. The summed E-state index contributed by atoms with van der Waals surface area (Å²) < 4.78 is 6.69. The predicted molar refractivity (Wildman–Crippen MR) is 229 cm³/mol. The zero-order valence-corrected chi connectivity index (χ0v) is 30.3. The molecule has 0 aliphatic rings. The van der Waals surface area contributed by atoms with Crippen LogP contribution >= 0.6 is 0 Å². The Balaban J connectivity index is 1.08. The fourth-order valence-corrected chi connectivity index (χ4v) is 8.91. The molecule has 3 heterocycles. The zero-order valence-electron chi connectivity index (χ0n) is 30.3. The molecule has 11 rings (SSSR count). The second-order valence-corrected chi connectivity index (χ2v) is 14.3. The first-order valence-corrected chi connectivity index (χ1v) is 18.7. The summed E-state index contributed by atoms with van der Waals surface area (Å²) in [4.78, 5) is 0. The molecular formula is C51H28N6. The summed E-state index contributed by atoms with van der Waals surface area (Å²) in [6.07, 6.45) is 0. The van der Waals surface area contributed by atoms with Crippen molar-refractivity contribution in [2.24, 2.45) is 0 Å². The maximum Gasteiger partial charge on any atom is 0.101 e. The average Bonchev–Trinajstić information content (AvgIpc) is 3.92. The van der Waals surface area contributed by atoms with Crippen molar-refractivity contribution < 1.29 is 0 Å². The van der Waals surface area contributed by atoms with Crippen LogP contribution in [0.25, 0.3) is 93.6 Å². The molecule has 0 aliphatic heterocycles. The molecule has 0 saturated carbocycles. The van der Waals surface area contributed by atoms with E-state index in [9.17, 15) is 15.8 Å². The molecule has 0 saturated heterocycles. The number of benzene rings is 8. The van der Waals surface area contributed by atoms with Gasteiger partial charge in [0.2, 0.25) is 0 Å². The van der Waals surface area contributed by atoms with Crippen molar-refractivity contribution in [2.75, 3.05) is 0 Å². The smallest absolute Gasteiger partial charge is 0.101 e. The number of aromatic nitrogens is 3. The molecule has 0 amide bonds. The van der Waals surface area contributed by atoms with Crippen LogP contribution in [0.5, 0.6) is 0 Å². The highest BCUT2D eigenvalue weighted by Crippen LogP contribution is 2.41. The summed E-state index contributed by atoms with van der Waals surface area (Å²) in [5.74, 6) is 0. The van der Waals surface area contributed by atoms with Crippen molar-refractivity contribution in [3.63, 3.8) is 0 Å². The molecular weight excluding hydrogens is 697 g/mol. The van der Waals surface area contributed by atoms with E-state index >= 15 is 0 Å². The first kappa shape index (κ1) is 32.1. The SMILES string of the molecule is N#Cc1ccc2c(c1)c1cccc(C#N)c1n2-c1ccc(-c2ccc(-n3c4ccccc4c4cccc(-n5c6ccccc6c6ccccc65)c43)c(C#N)c2)cc1. The lowest BCUT2D eigenvalue weighted by Crippen LogP contribution is -2.02. The van der Waals surface area contributed by atoms with Crippen LogP contribution < -0.4 is 0 Å². The molecule has 6 heteroatoms. The zero-order chi connectivity index (χ0) is 38.2. The van der Waals surface area contributed by atoms with Gasteiger partial charge in [0.25, 0.3) is 0 Å². The van der Waals surface area contributed by atoms with Crippen LogP contribution in [0, 0.1) is 34.0 Å². The van der Waals surface area contributed by atoms with Crippen LogP contribution in [0.1, 0.15) is 16.7 Å². The Hall–Kier alpha value is -8.37. The van der Waals surface area contributed by atoms with Gasteiger partial charge < -0.3 is 13.7 Å². The van der Waals surface area contributed by atoms with Crippen LogP contribution in [0.3, 0.4) is 0 Å². The van der Waals surface area contributed by atoms with E-state index in [4.69, 9.17) is 0 Å². The summed E-state index contributed by atoms with van der Waals surface area (Å²) in [6.45, 7) is 0. The van der Waals surface area contributed by atoms with Gasteiger partial charge in [0.1, 0.15) is 12.1 Å². The second-order valence-electron chi connectivity index (χ2n) is 14.3. The molecule has 57 heavy (non-hydrogen) atoms. The van der Waals surface area contributed by atoms with Gasteiger partial charge >= 0.3 is 0 Å².